The molecule has 0 radical (unpaired) electrons. The highest BCUT2D eigenvalue weighted by Crippen LogP contribution is 2.29. The summed E-state index contributed by atoms with van der Waals surface area (Å²) in [5.74, 6) is -0.968. The van der Waals surface area contributed by atoms with E-state index in [2.05, 4.69) is 31.2 Å². The van der Waals surface area contributed by atoms with E-state index < -0.39 is 11.9 Å². The highest BCUT2D eigenvalue weighted by atomic mass is 16.5. The van der Waals surface area contributed by atoms with Gasteiger partial charge in [-0.05, 0) is 84.2 Å². The molecule has 0 saturated carbocycles. The molecule has 0 aliphatic heterocycles. The second-order valence-corrected chi connectivity index (χ2v) is 12.0. The standard InChI is InChI=1S/C38H48O4/c1-2-3-4-5-6-7-8-9-10-11-12-13-14-29-15-17-30(18-16-29)31-19-21-32(22-20-31)38(41)42-36-26-25-33-27-35(37(39)40)24-23-34(33)28-36/h15-22,25-26,28,35H,2-14,23-24,27H2,1H3,(H,39,40). The first kappa shape index (κ1) is 31.5. The van der Waals surface area contributed by atoms with E-state index >= 15 is 0 Å². The molecule has 1 N–H and O–H groups in total. The van der Waals surface area contributed by atoms with Gasteiger partial charge in [-0.3, -0.25) is 4.79 Å². The lowest BCUT2D eigenvalue weighted by atomic mass is 9.84. The van der Waals surface area contributed by atoms with Gasteiger partial charge in [0.2, 0.25) is 0 Å². The molecule has 4 nitrogen and oxygen atoms in total. The molecule has 0 amide bonds. The van der Waals surface area contributed by atoms with E-state index in [0.717, 1.165) is 28.7 Å². The molecule has 3 aromatic rings. The molecular formula is C38H48O4. The Morgan fingerprint density at radius 3 is 1.88 bits per heavy atom. The van der Waals surface area contributed by atoms with Crippen molar-refractivity contribution in [1.82, 2.24) is 0 Å². The van der Waals surface area contributed by atoms with Crippen molar-refractivity contribution in [2.45, 2.75) is 110 Å². The summed E-state index contributed by atoms with van der Waals surface area (Å²) in [6.07, 6.45) is 19.4. The van der Waals surface area contributed by atoms with E-state index in [-0.39, 0.29) is 5.92 Å². The minimum atomic E-state index is -0.745. The van der Waals surface area contributed by atoms with Gasteiger partial charge in [-0.2, -0.15) is 0 Å². The first-order valence-electron chi connectivity index (χ1n) is 16.3. The molecule has 0 fully saturated rings. The van der Waals surface area contributed by atoms with Crippen molar-refractivity contribution in [1.29, 1.82) is 0 Å². The molecule has 0 aromatic heterocycles. The summed E-state index contributed by atoms with van der Waals surface area (Å²) in [6, 6.07) is 21.9. The van der Waals surface area contributed by atoms with E-state index in [4.69, 9.17) is 4.74 Å². The second kappa shape index (κ2) is 16.9. The molecule has 0 spiro atoms. The number of aliphatic carboxylic acids is 1. The fourth-order valence-electron chi connectivity index (χ4n) is 6.00. The fraction of sp³-hybridized carbons (Fsp3) is 0.474. The SMILES string of the molecule is CCCCCCCCCCCCCCc1ccc(-c2ccc(C(=O)Oc3ccc4c(c3)CCC(C(=O)O)C4)cc2)cc1. The molecule has 4 heteroatoms. The third kappa shape index (κ3) is 9.86. The first-order valence-corrected chi connectivity index (χ1v) is 16.3. The van der Waals surface area contributed by atoms with Crippen molar-refractivity contribution in [3.63, 3.8) is 0 Å². The molecule has 0 saturated heterocycles. The van der Waals surface area contributed by atoms with E-state index in [0.29, 0.717) is 30.6 Å². The van der Waals surface area contributed by atoms with Crippen molar-refractivity contribution in [3.8, 4) is 16.9 Å². The lowest BCUT2D eigenvalue weighted by Crippen LogP contribution is -2.22. The maximum Gasteiger partial charge on any atom is 0.343 e. The number of carbonyl (C=O) groups is 2. The topological polar surface area (TPSA) is 63.6 Å². The minimum absolute atomic E-state index is 0.333. The van der Waals surface area contributed by atoms with E-state index in [9.17, 15) is 14.7 Å². The van der Waals surface area contributed by atoms with Crippen molar-refractivity contribution >= 4 is 11.9 Å². The van der Waals surface area contributed by atoms with Crippen molar-refractivity contribution in [2.24, 2.45) is 5.92 Å². The van der Waals surface area contributed by atoms with Gasteiger partial charge in [0.05, 0.1) is 11.5 Å². The number of hydrogen-bond donors (Lipinski definition) is 1. The van der Waals surface area contributed by atoms with Crippen LogP contribution in [-0.2, 0) is 24.1 Å². The summed E-state index contributed by atoms with van der Waals surface area (Å²) in [4.78, 5) is 24.1. The molecule has 1 aliphatic rings. The van der Waals surface area contributed by atoms with Crippen LogP contribution in [0.25, 0.3) is 11.1 Å². The Morgan fingerprint density at radius 2 is 1.29 bits per heavy atom. The lowest BCUT2D eigenvalue weighted by molar-refractivity contribution is -0.142. The van der Waals surface area contributed by atoms with E-state index in [1.165, 1.54) is 82.6 Å². The molecular weight excluding hydrogens is 520 g/mol. The zero-order valence-corrected chi connectivity index (χ0v) is 25.4. The van der Waals surface area contributed by atoms with Crippen LogP contribution in [0.15, 0.2) is 66.7 Å². The monoisotopic (exact) mass is 568 g/mol. The predicted octanol–water partition coefficient (Wildman–Crippen LogP) is 10.0. The third-order valence-corrected chi connectivity index (χ3v) is 8.69. The Labute approximate surface area is 252 Å². The summed E-state index contributed by atoms with van der Waals surface area (Å²) in [6.45, 7) is 2.28. The first-order chi connectivity index (χ1) is 20.5. The summed E-state index contributed by atoms with van der Waals surface area (Å²) in [5.41, 5.74) is 6.20. The molecule has 0 bridgehead atoms. The Bertz CT molecular complexity index is 1260. The predicted molar refractivity (Wildman–Crippen MR) is 171 cm³/mol. The van der Waals surface area contributed by atoms with Crippen LogP contribution in [0.3, 0.4) is 0 Å². The number of aryl methyl sites for hydroxylation is 2. The Morgan fingerprint density at radius 1 is 0.714 bits per heavy atom. The van der Waals surface area contributed by atoms with Gasteiger partial charge in [-0.1, -0.05) is 120 Å². The van der Waals surface area contributed by atoms with E-state index in [1.807, 2.05) is 36.4 Å². The van der Waals surface area contributed by atoms with Gasteiger partial charge >= 0.3 is 11.9 Å². The average molecular weight is 569 g/mol. The Balaban J connectivity index is 1.16. The molecule has 3 aromatic carbocycles. The maximum atomic E-state index is 12.8. The highest BCUT2D eigenvalue weighted by Gasteiger charge is 2.24. The fourth-order valence-corrected chi connectivity index (χ4v) is 6.00. The molecule has 0 heterocycles. The number of unbranched alkanes of at least 4 members (excludes halogenated alkanes) is 11. The van der Waals surface area contributed by atoms with Gasteiger partial charge in [-0.15, -0.1) is 0 Å². The van der Waals surface area contributed by atoms with Crippen LogP contribution in [0, 0.1) is 5.92 Å². The Hall–Kier alpha value is -3.40. The molecule has 224 valence electrons. The number of carboxylic acid groups (broad SMARTS) is 1. The molecule has 1 unspecified atom stereocenters. The van der Waals surface area contributed by atoms with Crippen molar-refractivity contribution in [3.05, 3.63) is 89.0 Å². The maximum absolute atomic E-state index is 12.8. The van der Waals surface area contributed by atoms with Crippen LogP contribution in [-0.4, -0.2) is 17.0 Å². The largest absolute Gasteiger partial charge is 0.481 e. The van der Waals surface area contributed by atoms with Crippen LogP contribution in [0.4, 0.5) is 0 Å². The molecule has 42 heavy (non-hydrogen) atoms. The third-order valence-electron chi connectivity index (χ3n) is 8.69. The van der Waals surface area contributed by atoms with Gasteiger partial charge in [0.15, 0.2) is 0 Å². The molecule has 1 atom stereocenters. The molecule has 4 rings (SSSR count). The van der Waals surface area contributed by atoms with Crippen LogP contribution < -0.4 is 4.74 Å². The summed E-state index contributed by atoms with van der Waals surface area (Å²) < 4.78 is 5.64. The molecule has 1 aliphatic carbocycles. The number of benzene rings is 3. The zero-order chi connectivity index (χ0) is 29.6. The average Bonchev–Trinajstić information content (AvgIpc) is 3.01. The van der Waals surface area contributed by atoms with Crippen molar-refractivity contribution in [2.75, 3.05) is 0 Å². The number of esters is 1. The van der Waals surface area contributed by atoms with Crippen LogP contribution in [0.5, 0.6) is 5.75 Å². The van der Waals surface area contributed by atoms with Gasteiger partial charge in [-0.25, -0.2) is 4.79 Å². The number of hydrogen-bond acceptors (Lipinski definition) is 3. The van der Waals surface area contributed by atoms with Crippen LogP contribution >= 0.6 is 0 Å². The number of fused-ring (bicyclic) bond motifs is 1. The van der Waals surface area contributed by atoms with Gasteiger partial charge in [0.25, 0.3) is 0 Å². The van der Waals surface area contributed by atoms with E-state index in [1.54, 1.807) is 6.07 Å². The van der Waals surface area contributed by atoms with Gasteiger partial charge in [0.1, 0.15) is 5.75 Å². The smallest absolute Gasteiger partial charge is 0.343 e. The zero-order valence-electron chi connectivity index (χ0n) is 25.4. The second-order valence-electron chi connectivity index (χ2n) is 12.0. The minimum Gasteiger partial charge on any atom is -0.481 e. The number of ether oxygens (including phenoxy) is 1. The van der Waals surface area contributed by atoms with Gasteiger partial charge in [0, 0.05) is 0 Å². The highest BCUT2D eigenvalue weighted by molar-refractivity contribution is 5.91. The Kier molecular flexibility index (Phi) is 12.7. The number of carboxylic acids is 1. The lowest BCUT2D eigenvalue weighted by Gasteiger charge is -2.21. The van der Waals surface area contributed by atoms with Crippen LogP contribution in [0.1, 0.15) is 117 Å². The summed E-state index contributed by atoms with van der Waals surface area (Å²) in [5, 5.41) is 9.29. The van der Waals surface area contributed by atoms with Crippen molar-refractivity contribution < 1.29 is 19.4 Å². The van der Waals surface area contributed by atoms with Crippen LogP contribution in [0.2, 0.25) is 0 Å². The normalized spacial score (nSPS) is 14.4. The van der Waals surface area contributed by atoms with Gasteiger partial charge < -0.3 is 9.84 Å². The summed E-state index contributed by atoms with van der Waals surface area (Å²) in [7, 11) is 0. The number of carbonyl (C=O) groups excluding carboxylic acids is 1. The summed E-state index contributed by atoms with van der Waals surface area (Å²) >= 11 is 0. The number of rotatable bonds is 17. The quantitative estimate of drug-likeness (QED) is 0.1000.